The summed E-state index contributed by atoms with van der Waals surface area (Å²) in [5.74, 6) is -0.458. The normalized spacial score (nSPS) is 10.3. The molecule has 0 aliphatic carbocycles. The Kier molecular flexibility index (Phi) is 3.87. The quantitative estimate of drug-likeness (QED) is 0.937. The first kappa shape index (κ1) is 13.6. The lowest BCUT2D eigenvalue weighted by atomic mass is 10.1. The van der Waals surface area contributed by atoms with Gasteiger partial charge in [0.15, 0.2) is 16.1 Å². The minimum Gasteiger partial charge on any atom is -0.478 e. The Labute approximate surface area is 118 Å². The molecule has 2 aromatic rings. The predicted octanol–water partition coefficient (Wildman–Crippen LogP) is 3.58. The van der Waals surface area contributed by atoms with Crippen LogP contribution in [0, 0.1) is 6.92 Å². The lowest BCUT2D eigenvalue weighted by Gasteiger charge is -2.10. The molecule has 0 amide bonds. The molecule has 0 saturated heterocycles. The van der Waals surface area contributed by atoms with E-state index in [1.54, 1.807) is 13.0 Å². The Balaban J connectivity index is 2.40. The predicted molar refractivity (Wildman–Crippen MR) is 70.3 cm³/mol. The average molecular weight is 299 g/mol. The van der Waals surface area contributed by atoms with Crippen molar-refractivity contribution in [3.8, 4) is 11.5 Å². The van der Waals surface area contributed by atoms with Crippen molar-refractivity contribution < 1.29 is 14.6 Å². The van der Waals surface area contributed by atoms with Crippen LogP contribution in [0.1, 0.15) is 15.9 Å². The summed E-state index contributed by atoms with van der Waals surface area (Å²) in [5, 5.41) is 16.3. The third-order valence-corrected chi connectivity index (χ3v) is 2.79. The number of halogens is 2. The zero-order valence-electron chi connectivity index (χ0n) is 9.72. The minimum absolute atomic E-state index is 0.0459. The van der Waals surface area contributed by atoms with Crippen molar-refractivity contribution in [3.05, 3.63) is 45.7 Å². The number of aromatic carboxylic acids is 1. The fourth-order valence-electron chi connectivity index (χ4n) is 1.37. The lowest BCUT2D eigenvalue weighted by Crippen LogP contribution is -1.98. The number of hydrogen-bond acceptors (Lipinski definition) is 4. The SMILES string of the molecule is Cc1ccc(C(=O)O)cc1Oc1cc(Cl)nnc1Cl. The van der Waals surface area contributed by atoms with E-state index in [0.29, 0.717) is 5.75 Å². The Morgan fingerprint density at radius 2 is 1.95 bits per heavy atom. The zero-order chi connectivity index (χ0) is 14.0. The van der Waals surface area contributed by atoms with Gasteiger partial charge in [0.25, 0.3) is 0 Å². The molecule has 0 unspecified atom stereocenters. The van der Waals surface area contributed by atoms with Gasteiger partial charge in [0, 0.05) is 6.07 Å². The molecule has 0 fully saturated rings. The van der Waals surface area contributed by atoms with Crippen molar-refractivity contribution in [2.45, 2.75) is 6.92 Å². The molecule has 0 bridgehead atoms. The van der Waals surface area contributed by atoms with E-state index in [1.807, 2.05) is 0 Å². The number of carbonyl (C=O) groups is 1. The minimum atomic E-state index is -1.04. The number of rotatable bonds is 3. The number of carboxylic acids is 1. The second-order valence-electron chi connectivity index (χ2n) is 3.71. The van der Waals surface area contributed by atoms with Gasteiger partial charge in [-0.2, -0.15) is 0 Å². The molecular weight excluding hydrogens is 291 g/mol. The first-order valence-corrected chi connectivity index (χ1v) is 5.93. The molecular formula is C12H8Cl2N2O3. The largest absolute Gasteiger partial charge is 0.478 e. The summed E-state index contributed by atoms with van der Waals surface area (Å²) >= 11 is 11.5. The van der Waals surface area contributed by atoms with E-state index in [0.717, 1.165) is 5.56 Å². The first-order valence-electron chi connectivity index (χ1n) is 5.18. The van der Waals surface area contributed by atoms with E-state index in [-0.39, 0.29) is 21.6 Å². The fraction of sp³-hybridized carbons (Fsp3) is 0.0833. The van der Waals surface area contributed by atoms with E-state index in [9.17, 15) is 4.79 Å². The molecule has 1 aromatic carbocycles. The summed E-state index contributed by atoms with van der Waals surface area (Å²) in [4.78, 5) is 10.9. The highest BCUT2D eigenvalue weighted by atomic mass is 35.5. The van der Waals surface area contributed by atoms with Crippen LogP contribution in [-0.2, 0) is 0 Å². The molecule has 0 radical (unpaired) electrons. The number of hydrogen-bond donors (Lipinski definition) is 1. The van der Waals surface area contributed by atoms with E-state index in [4.69, 9.17) is 33.0 Å². The van der Waals surface area contributed by atoms with Gasteiger partial charge in [0.2, 0.25) is 0 Å². The van der Waals surface area contributed by atoms with Crippen LogP contribution in [0.2, 0.25) is 10.3 Å². The molecule has 1 N–H and O–H groups in total. The lowest BCUT2D eigenvalue weighted by molar-refractivity contribution is 0.0696. The Bertz CT molecular complexity index is 647. The number of carboxylic acid groups (broad SMARTS) is 1. The van der Waals surface area contributed by atoms with Gasteiger partial charge in [-0.3, -0.25) is 0 Å². The van der Waals surface area contributed by atoms with E-state index < -0.39 is 5.97 Å². The van der Waals surface area contributed by atoms with Gasteiger partial charge in [-0.05, 0) is 24.6 Å². The maximum atomic E-state index is 10.9. The Morgan fingerprint density at radius 3 is 2.63 bits per heavy atom. The Morgan fingerprint density at radius 1 is 1.21 bits per heavy atom. The molecule has 19 heavy (non-hydrogen) atoms. The van der Waals surface area contributed by atoms with Crippen molar-refractivity contribution in [1.29, 1.82) is 0 Å². The highest BCUT2D eigenvalue weighted by molar-refractivity contribution is 6.32. The average Bonchev–Trinajstić information content (AvgIpc) is 2.36. The number of aromatic nitrogens is 2. The van der Waals surface area contributed by atoms with Gasteiger partial charge in [0.05, 0.1) is 5.56 Å². The van der Waals surface area contributed by atoms with Crippen molar-refractivity contribution in [2.24, 2.45) is 0 Å². The van der Waals surface area contributed by atoms with Crippen LogP contribution in [0.4, 0.5) is 0 Å². The summed E-state index contributed by atoms with van der Waals surface area (Å²) < 4.78 is 5.53. The molecule has 98 valence electrons. The number of benzene rings is 1. The number of ether oxygens (including phenoxy) is 1. The molecule has 0 spiro atoms. The molecule has 1 aromatic heterocycles. The molecule has 7 heteroatoms. The van der Waals surface area contributed by atoms with E-state index in [1.165, 1.54) is 18.2 Å². The van der Waals surface area contributed by atoms with Crippen molar-refractivity contribution in [3.63, 3.8) is 0 Å². The summed E-state index contributed by atoms with van der Waals surface area (Å²) in [6, 6.07) is 5.94. The second-order valence-corrected chi connectivity index (χ2v) is 4.45. The first-order chi connectivity index (χ1) is 8.97. The van der Waals surface area contributed by atoms with Gasteiger partial charge in [-0.15, -0.1) is 10.2 Å². The number of nitrogens with zero attached hydrogens (tertiary/aromatic N) is 2. The van der Waals surface area contributed by atoms with Crippen LogP contribution >= 0.6 is 23.2 Å². The van der Waals surface area contributed by atoms with Gasteiger partial charge in [-0.25, -0.2) is 4.79 Å². The highest BCUT2D eigenvalue weighted by Crippen LogP contribution is 2.31. The van der Waals surface area contributed by atoms with Gasteiger partial charge >= 0.3 is 5.97 Å². The summed E-state index contributed by atoms with van der Waals surface area (Å²) in [6.07, 6.45) is 0. The molecule has 0 saturated carbocycles. The second kappa shape index (κ2) is 5.42. The zero-order valence-corrected chi connectivity index (χ0v) is 11.2. The molecule has 2 rings (SSSR count). The third kappa shape index (κ3) is 3.13. The van der Waals surface area contributed by atoms with Crippen LogP contribution in [0.15, 0.2) is 24.3 Å². The fourth-order valence-corrected chi connectivity index (χ4v) is 1.64. The van der Waals surface area contributed by atoms with Crippen molar-refractivity contribution >= 4 is 29.2 Å². The smallest absolute Gasteiger partial charge is 0.335 e. The van der Waals surface area contributed by atoms with Crippen molar-refractivity contribution in [1.82, 2.24) is 10.2 Å². The summed E-state index contributed by atoms with van der Waals surface area (Å²) in [6.45, 7) is 1.78. The van der Waals surface area contributed by atoms with Crippen LogP contribution < -0.4 is 4.74 Å². The van der Waals surface area contributed by atoms with E-state index in [2.05, 4.69) is 10.2 Å². The highest BCUT2D eigenvalue weighted by Gasteiger charge is 2.11. The topological polar surface area (TPSA) is 72.3 Å². The van der Waals surface area contributed by atoms with Crippen molar-refractivity contribution in [2.75, 3.05) is 0 Å². The van der Waals surface area contributed by atoms with Crippen LogP contribution in [0.5, 0.6) is 11.5 Å². The van der Waals surface area contributed by atoms with Crippen LogP contribution in [0.3, 0.4) is 0 Å². The maximum Gasteiger partial charge on any atom is 0.335 e. The van der Waals surface area contributed by atoms with Gasteiger partial charge in [-0.1, -0.05) is 29.3 Å². The molecule has 5 nitrogen and oxygen atoms in total. The molecule has 0 aliphatic rings. The molecule has 1 heterocycles. The van der Waals surface area contributed by atoms with Crippen LogP contribution in [-0.4, -0.2) is 21.3 Å². The summed E-state index contributed by atoms with van der Waals surface area (Å²) in [7, 11) is 0. The number of aryl methyl sites for hydroxylation is 1. The maximum absolute atomic E-state index is 10.9. The molecule has 0 atom stereocenters. The monoisotopic (exact) mass is 298 g/mol. The standard InChI is InChI=1S/C12H8Cl2N2O3/c1-6-2-3-7(12(17)18)4-8(6)19-9-5-10(13)15-16-11(9)14/h2-5H,1H3,(H,17,18). The Hall–Kier alpha value is -1.85. The van der Waals surface area contributed by atoms with Gasteiger partial charge < -0.3 is 9.84 Å². The molecule has 0 aliphatic heterocycles. The third-order valence-electron chi connectivity index (χ3n) is 2.34. The van der Waals surface area contributed by atoms with Gasteiger partial charge in [0.1, 0.15) is 5.75 Å². The van der Waals surface area contributed by atoms with Crippen LogP contribution in [0.25, 0.3) is 0 Å². The van der Waals surface area contributed by atoms with E-state index >= 15 is 0 Å². The summed E-state index contributed by atoms with van der Waals surface area (Å²) in [5.41, 5.74) is 0.874.